The summed E-state index contributed by atoms with van der Waals surface area (Å²) in [4.78, 5) is 11.1. The standard InChI is InChI=1S/C26H21ClF4N2O2.C2H6/c1-15-2-9-23(28)21(10-15)17-5-6-18(22(27)12-17)11-16-3-7-19(8-4-16)33-20(14-25(34)35)13-24(32-33)26(29,30)31;1-2/h2-10,12,20H,11,13-14H2,1H3,(H,34,35);1-2H3. The van der Waals surface area contributed by atoms with E-state index >= 15 is 0 Å². The highest BCUT2D eigenvalue weighted by Crippen LogP contribution is 2.34. The first kappa shape index (κ1) is 28.2. The molecule has 0 fully saturated rings. The Morgan fingerprint density at radius 3 is 2.35 bits per heavy atom. The van der Waals surface area contributed by atoms with Crippen molar-refractivity contribution >= 4 is 29.0 Å². The van der Waals surface area contributed by atoms with Crippen molar-refractivity contribution in [3.63, 3.8) is 0 Å². The summed E-state index contributed by atoms with van der Waals surface area (Å²) in [5.41, 5.74) is 3.07. The molecule has 196 valence electrons. The molecule has 1 atom stereocenters. The molecule has 0 bridgehead atoms. The Bertz CT molecular complexity index is 1290. The van der Waals surface area contributed by atoms with Gasteiger partial charge in [-0.1, -0.05) is 61.3 Å². The zero-order valence-electron chi connectivity index (χ0n) is 20.6. The van der Waals surface area contributed by atoms with E-state index in [1.807, 2.05) is 26.8 Å². The topological polar surface area (TPSA) is 52.9 Å². The van der Waals surface area contributed by atoms with Gasteiger partial charge in [-0.05, 0) is 60.4 Å². The summed E-state index contributed by atoms with van der Waals surface area (Å²) in [7, 11) is 0. The third-order valence-electron chi connectivity index (χ3n) is 5.82. The monoisotopic (exact) mass is 534 g/mol. The number of nitrogens with zero attached hydrogens (tertiary/aromatic N) is 2. The van der Waals surface area contributed by atoms with Crippen LogP contribution >= 0.6 is 11.6 Å². The van der Waals surface area contributed by atoms with Gasteiger partial charge in [-0.25, -0.2) is 4.39 Å². The molecule has 0 saturated carbocycles. The number of hydrogen-bond donors (Lipinski definition) is 1. The van der Waals surface area contributed by atoms with Gasteiger partial charge in [0.1, 0.15) is 11.5 Å². The van der Waals surface area contributed by atoms with Crippen LogP contribution in [-0.2, 0) is 11.2 Å². The number of carboxylic acid groups (broad SMARTS) is 1. The molecule has 0 radical (unpaired) electrons. The highest BCUT2D eigenvalue weighted by Gasteiger charge is 2.43. The van der Waals surface area contributed by atoms with E-state index in [1.54, 1.807) is 48.5 Å². The molecule has 37 heavy (non-hydrogen) atoms. The maximum absolute atomic E-state index is 14.2. The summed E-state index contributed by atoms with van der Waals surface area (Å²) in [5, 5.41) is 14.3. The molecule has 0 aliphatic carbocycles. The minimum Gasteiger partial charge on any atom is -0.481 e. The Labute approximate surface area is 218 Å². The minimum absolute atomic E-state index is 0.338. The maximum Gasteiger partial charge on any atom is 0.431 e. The molecular weight excluding hydrogens is 508 g/mol. The lowest BCUT2D eigenvalue weighted by atomic mass is 9.98. The van der Waals surface area contributed by atoms with Crippen LogP contribution < -0.4 is 5.01 Å². The number of rotatable bonds is 6. The number of aliphatic carboxylic acids is 1. The van der Waals surface area contributed by atoms with Gasteiger partial charge in [0.15, 0.2) is 0 Å². The zero-order valence-corrected chi connectivity index (χ0v) is 21.4. The normalized spacial score (nSPS) is 15.2. The number of aryl methyl sites for hydroxylation is 1. The van der Waals surface area contributed by atoms with Crippen LogP contribution in [0.15, 0.2) is 65.8 Å². The largest absolute Gasteiger partial charge is 0.481 e. The fourth-order valence-electron chi connectivity index (χ4n) is 4.07. The Morgan fingerprint density at radius 2 is 1.76 bits per heavy atom. The molecule has 1 aliphatic rings. The average Bonchev–Trinajstić information content (AvgIpc) is 3.27. The summed E-state index contributed by atoms with van der Waals surface area (Å²) in [6, 6.07) is 15.9. The van der Waals surface area contributed by atoms with E-state index in [9.17, 15) is 22.4 Å². The van der Waals surface area contributed by atoms with Crippen LogP contribution in [0.2, 0.25) is 5.02 Å². The van der Waals surface area contributed by atoms with E-state index in [4.69, 9.17) is 16.7 Å². The van der Waals surface area contributed by atoms with Crippen molar-refractivity contribution in [2.75, 3.05) is 5.01 Å². The second kappa shape index (κ2) is 11.8. The van der Waals surface area contributed by atoms with Gasteiger partial charge in [0.25, 0.3) is 0 Å². The van der Waals surface area contributed by atoms with E-state index in [0.717, 1.165) is 21.7 Å². The van der Waals surface area contributed by atoms with Gasteiger partial charge in [0.05, 0.1) is 18.2 Å². The van der Waals surface area contributed by atoms with Crippen LogP contribution in [0, 0.1) is 12.7 Å². The first-order chi connectivity index (χ1) is 17.5. The SMILES string of the molecule is CC.Cc1ccc(F)c(-c2ccc(Cc3ccc(N4N=C(C(F)(F)F)CC4CC(=O)O)cc3)c(Cl)c2)c1. The number of carboxylic acids is 1. The van der Waals surface area contributed by atoms with E-state index in [2.05, 4.69) is 5.10 Å². The van der Waals surface area contributed by atoms with E-state index < -0.39 is 36.7 Å². The minimum atomic E-state index is -4.62. The van der Waals surface area contributed by atoms with Crippen LogP contribution in [-0.4, -0.2) is 29.0 Å². The van der Waals surface area contributed by atoms with Crippen molar-refractivity contribution in [2.45, 2.75) is 52.3 Å². The predicted octanol–water partition coefficient (Wildman–Crippen LogP) is 8.04. The van der Waals surface area contributed by atoms with Crippen molar-refractivity contribution < 1.29 is 27.5 Å². The zero-order chi connectivity index (χ0) is 27.3. The van der Waals surface area contributed by atoms with Crippen LogP contribution in [0.25, 0.3) is 11.1 Å². The van der Waals surface area contributed by atoms with Crippen LogP contribution in [0.5, 0.6) is 0 Å². The van der Waals surface area contributed by atoms with Crippen molar-refractivity contribution in [2.24, 2.45) is 5.10 Å². The van der Waals surface area contributed by atoms with Crippen LogP contribution in [0.3, 0.4) is 0 Å². The molecule has 1 N–H and O–H groups in total. The number of halogens is 5. The average molecular weight is 535 g/mol. The highest BCUT2D eigenvalue weighted by atomic mass is 35.5. The molecule has 4 nitrogen and oxygen atoms in total. The summed E-state index contributed by atoms with van der Waals surface area (Å²) in [6.45, 7) is 5.88. The van der Waals surface area contributed by atoms with Gasteiger partial charge >= 0.3 is 12.1 Å². The molecule has 0 amide bonds. The number of anilines is 1. The number of hydrazone groups is 1. The Morgan fingerprint density at radius 1 is 1.08 bits per heavy atom. The quantitative estimate of drug-likeness (QED) is 0.325. The number of hydrogen-bond acceptors (Lipinski definition) is 3. The summed E-state index contributed by atoms with van der Waals surface area (Å²) in [6.07, 6.45) is -5.11. The van der Waals surface area contributed by atoms with E-state index in [1.165, 1.54) is 6.07 Å². The molecule has 3 aromatic rings. The van der Waals surface area contributed by atoms with Gasteiger partial charge in [-0.15, -0.1) is 0 Å². The molecule has 9 heteroatoms. The van der Waals surface area contributed by atoms with Gasteiger partial charge in [-0.2, -0.15) is 18.3 Å². The van der Waals surface area contributed by atoms with Crippen molar-refractivity contribution in [1.82, 2.24) is 0 Å². The van der Waals surface area contributed by atoms with Gasteiger partial charge in [-0.3, -0.25) is 9.80 Å². The first-order valence-corrected chi connectivity index (χ1v) is 12.2. The molecule has 3 aromatic carbocycles. The first-order valence-electron chi connectivity index (χ1n) is 11.8. The molecule has 4 rings (SSSR count). The fraction of sp³-hybridized carbons (Fsp3) is 0.286. The second-order valence-electron chi connectivity index (χ2n) is 8.48. The predicted molar refractivity (Wildman–Crippen MR) is 139 cm³/mol. The summed E-state index contributed by atoms with van der Waals surface area (Å²) in [5.74, 6) is -1.53. The number of carbonyl (C=O) groups is 1. The molecule has 0 aromatic heterocycles. The van der Waals surface area contributed by atoms with E-state index in [-0.39, 0.29) is 5.82 Å². The Hall–Kier alpha value is -3.39. The molecule has 1 unspecified atom stereocenters. The van der Waals surface area contributed by atoms with E-state index in [0.29, 0.717) is 28.3 Å². The molecule has 1 heterocycles. The van der Waals surface area contributed by atoms with Crippen molar-refractivity contribution in [1.29, 1.82) is 0 Å². The second-order valence-corrected chi connectivity index (χ2v) is 8.88. The molecule has 0 saturated heterocycles. The highest BCUT2D eigenvalue weighted by molar-refractivity contribution is 6.31. The molecular formula is C28H27ClF4N2O2. The lowest BCUT2D eigenvalue weighted by molar-refractivity contribution is -0.137. The van der Waals surface area contributed by atoms with Gasteiger partial charge in [0, 0.05) is 17.0 Å². The number of benzene rings is 3. The van der Waals surface area contributed by atoms with Crippen molar-refractivity contribution in [3.05, 3.63) is 88.2 Å². The lowest BCUT2D eigenvalue weighted by Gasteiger charge is -2.22. The fourth-order valence-corrected chi connectivity index (χ4v) is 4.32. The Kier molecular flexibility index (Phi) is 8.97. The molecule has 0 spiro atoms. The number of alkyl halides is 3. The summed E-state index contributed by atoms with van der Waals surface area (Å²) >= 11 is 6.47. The smallest absolute Gasteiger partial charge is 0.431 e. The third-order valence-corrected chi connectivity index (χ3v) is 6.17. The van der Waals surface area contributed by atoms with Gasteiger partial charge in [0.2, 0.25) is 0 Å². The third kappa shape index (κ3) is 6.89. The Balaban J connectivity index is 0.00000186. The maximum atomic E-state index is 14.2. The summed E-state index contributed by atoms with van der Waals surface area (Å²) < 4.78 is 53.7. The van der Waals surface area contributed by atoms with Crippen molar-refractivity contribution in [3.8, 4) is 11.1 Å². The van der Waals surface area contributed by atoms with Gasteiger partial charge < -0.3 is 5.11 Å². The van der Waals surface area contributed by atoms with Crippen LogP contribution in [0.4, 0.5) is 23.2 Å². The van der Waals surface area contributed by atoms with Crippen LogP contribution in [0.1, 0.15) is 43.4 Å². The molecule has 1 aliphatic heterocycles. The lowest BCUT2D eigenvalue weighted by Crippen LogP contribution is -2.29.